The van der Waals surface area contributed by atoms with Crippen LogP contribution < -0.4 is 10.1 Å². The Kier molecular flexibility index (Phi) is 6.84. The number of nitrogens with one attached hydrogen (secondary N) is 1. The summed E-state index contributed by atoms with van der Waals surface area (Å²) in [7, 11) is 1.43. The number of hydrogen-bond acceptors (Lipinski definition) is 5. The van der Waals surface area contributed by atoms with Crippen molar-refractivity contribution in [3.8, 4) is 5.75 Å². The van der Waals surface area contributed by atoms with Crippen LogP contribution in [0.1, 0.15) is 15.9 Å². The second-order valence-electron chi connectivity index (χ2n) is 5.97. The van der Waals surface area contributed by atoms with Crippen molar-refractivity contribution in [3.63, 3.8) is 0 Å². The molecule has 1 heterocycles. The number of imide groups is 1. The maximum absolute atomic E-state index is 12.5. The molecule has 0 saturated carbocycles. The average Bonchev–Trinajstić information content (AvgIpc) is 2.95. The van der Waals surface area contributed by atoms with E-state index in [0.29, 0.717) is 4.91 Å². The first kappa shape index (κ1) is 21.2. The molecule has 0 aliphatic carbocycles. The molecule has 0 radical (unpaired) electrons. The molecule has 29 heavy (non-hydrogen) atoms. The smallest absolute Gasteiger partial charge is 0.293 e. The van der Waals surface area contributed by atoms with Crippen LogP contribution >= 0.6 is 35.0 Å². The van der Waals surface area contributed by atoms with E-state index < -0.39 is 5.91 Å². The molecule has 3 amide bonds. The Morgan fingerprint density at radius 2 is 1.83 bits per heavy atom. The third-order valence-corrected chi connectivity index (χ3v) is 5.53. The first-order chi connectivity index (χ1) is 13.9. The lowest BCUT2D eigenvalue weighted by atomic mass is 10.2. The number of amides is 3. The fraction of sp³-hybridized carbons (Fsp3) is 0.150. The minimum atomic E-state index is -0.428. The molecule has 0 unspecified atom stereocenters. The molecule has 150 valence electrons. The predicted molar refractivity (Wildman–Crippen MR) is 114 cm³/mol. The molecule has 3 rings (SSSR count). The SMILES string of the molecule is COc1c(Cl)cc(C(=O)NCCN2C(=O)S/C(=C\c3ccccc3)C2=O)cc1Cl. The molecule has 1 aliphatic heterocycles. The highest BCUT2D eigenvalue weighted by molar-refractivity contribution is 8.18. The van der Waals surface area contributed by atoms with E-state index in [1.165, 1.54) is 19.2 Å². The summed E-state index contributed by atoms with van der Waals surface area (Å²) in [5.41, 5.74) is 1.08. The van der Waals surface area contributed by atoms with Crippen molar-refractivity contribution < 1.29 is 19.1 Å². The molecule has 1 N–H and O–H groups in total. The van der Waals surface area contributed by atoms with Crippen LogP contribution in [0.15, 0.2) is 47.4 Å². The number of nitrogens with zero attached hydrogens (tertiary/aromatic N) is 1. The predicted octanol–water partition coefficient (Wildman–Crippen LogP) is 4.47. The van der Waals surface area contributed by atoms with Gasteiger partial charge in [-0.1, -0.05) is 53.5 Å². The van der Waals surface area contributed by atoms with Gasteiger partial charge in [0.1, 0.15) is 0 Å². The van der Waals surface area contributed by atoms with Gasteiger partial charge in [-0.05, 0) is 35.5 Å². The summed E-state index contributed by atoms with van der Waals surface area (Å²) in [5, 5.41) is 2.70. The van der Waals surface area contributed by atoms with Crippen LogP contribution in [0.4, 0.5) is 4.79 Å². The molecule has 0 atom stereocenters. The number of carbonyl (C=O) groups excluding carboxylic acids is 3. The largest absolute Gasteiger partial charge is 0.494 e. The van der Waals surface area contributed by atoms with E-state index in [-0.39, 0.29) is 45.6 Å². The molecular weight excluding hydrogens is 435 g/mol. The molecule has 2 aromatic rings. The van der Waals surface area contributed by atoms with Gasteiger partial charge in [0.25, 0.3) is 17.1 Å². The number of carbonyl (C=O) groups is 3. The van der Waals surface area contributed by atoms with Gasteiger partial charge in [0.15, 0.2) is 5.75 Å². The van der Waals surface area contributed by atoms with Gasteiger partial charge in [0.2, 0.25) is 0 Å². The lowest BCUT2D eigenvalue weighted by Crippen LogP contribution is -2.37. The lowest BCUT2D eigenvalue weighted by molar-refractivity contribution is -0.122. The Hall–Kier alpha value is -2.48. The quantitative estimate of drug-likeness (QED) is 0.656. The van der Waals surface area contributed by atoms with Gasteiger partial charge in [0, 0.05) is 18.7 Å². The summed E-state index contributed by atoms with van der Waals surface area (Å²) in [6.45, 7) is 0.150. The van der Waals surface area contributed by atoms with Crippen LogP contribution in [0.2, 0.25) is 10.0 Å². The highest BCUT2D eigenvalue weighted by Gasteiger charge is 2.34. The van der Waals surface area contributed by atoms with E-state index in [0.717, 1.165) is 22.2 Å². The highest BCUT2D eigenvalue weighted by atomic mass is 35.5. The number of methoxy groups -OCH3 is 1. The van der Waals surface area contributed by atoms with Crippen LogP contribution in [-0.2, 0) is 4.79 Å². The minimum absolute atomic E-state index is 0.0557. The molecule has 6 nitrogen and oxygen atoms in total. The molecule has 1 fully saturated rings. The second kappa shape index (κ2) is 9.35. The first-order valence-electron chi connectivity index (χ1n) is 8.52. The van der Waals surface area contributed by atoms with Gasteiger partial charge in [-0.3, -0.25) is 19.3 Å². The Balaban J connectivity index is 1.60. The topological polar surface area (TPSA) is 75.7 Å². The Morgan fingerprint density at radius 1 is 1.17 bits per heavy atom. The number of ether oxygens (including phenoxy) is 1. The lowest BCUT2D eigenvalue weighted by Gasteiger charge is -2.13. The third kappa shape index (κ3) is 4.93. The van der Waals surface area contributed by atoms with E-state index in [9.17, 15) is 14.4 Å². The average molecular weight is 451 g/mol. The summed E-state index contributed by atoms with van der Waals surface area (Å²) in [5.74, 6) is -0.523. The standard InChI is InChI=1S/C20H16Cl2N2O4S/c1-28-17-14(21)10-13(11-15(17)22)18(25)23-7-8-24-19(26)16(29-20(24)27)9-12-5-3-2-4-6-12/h2-6,9-11H,7-8H2,1H3,(H,23,25)/b16-9-. The summed E-state index contributed by atoms with van der Waals surface area (Å²) < 4.78 is 5.05. The van der Waals surface area contributed by atoms with Crippen molar-refractivity contribution in [2.75, 3.05) is 20.2 Å². The van der Waals surface area contributed by atoms with Gasteiger partial charge in [0.05, 0.1) is 22.1 Å². The van der Waals surface area contributed by atoms with Crippen LogP contribution in [0, 0.1) is 0 Å². The maximum Gasteiger partial charge on any atom is 0.293 e. The number of thioether (sulfide) groups is 1. The summed E-state index contributed by atoms with van der Waals surface area (Å²) in [6, 6.07) is 12.1. The number of halogens is 2. The van der Waals surface area contributed by atoms with E-state index in [1.54, 1.807) is 6.08 Å². The molecule has 0 spiro atoms. The zero-order valence-electron chi connectivity index (χ0n) is 15.3. The van der Waals surface area contributed by atoms with E-state index in [4.69, 9.17) is 27.9 Å². The van der Waals surface area contributed by atoms with Gasteiger partial charge in [-0.2, -0.15) is 0 Å². The molecule has 1 saturated heterocycles. The highest BCUT2D eigenvalue weighted by Crippen LogP contribution is 2.34. The van der Waals surface area contributed by atoms with Crippen LogP contribution in [0.5, 0.6) is 5.75 Å². The van der Waals surface area contributed by atoms with Crippen molar-refractivity contribution >= 4 is 58.1 Å². The van der Waals surface area contributed by atoms with Crippen molar-refractivity contribution in [1.29, 1.82) is 0 Å². The molecule has 0 aromatic heterocycles. The first-order valence-corrected chi connectivity index (χ1v) is 10.1. The molecule has 2 aromatic carbocycles. The number of hydrogen-bond donors (Lipinski definition) is 1. The zero-order valence-corrected chi connectivity index (χ0v) is 17.6. The second-order valence-corrected chi connectivity index (χ2v) is 7.78. The van der Waals surface area contributed by atoms with Crippen LogP contribution in [-0.4, -0.2) is 42.2 Å². The van der Waals surface area contributed by atoms with E-state index in [1.807, 2.05) is 30.3 Å². The van der Waals surface area contributed by atoms with Crippen molar-refractivity contribution in [2.45, 2.75) is 0 Å². The number of benzene rings is 2. The summed E-state index contributed by atoms with van der Waals surface area (Å²) in [6.07, 6.45) is 1.67. The van der Waals surface area contributed by atoms with Crippen LogP contribution in [0.25, 0.3) is 6.08 Å². The Bertz CT molecular complexity index is 972. The number of rotatable bonds is 6. The molecule has 9 heteroatoms. The molecule has 1 aliphatic rings. The monoisotopic (exact) mass is 450 g/mol. The van der Waals surface area contributed by atoms with Gasteiger partial charge in [-0.15, -0.1) is 0 Å². The van der Waals surface area contributed by atoms with Crippen LogP contribution in [0.3, 0.4) is 0 Å². The van der Waals surface area contributed by atoms with Crippen molar-refractivity contribution in [1.82, 2.24) is 10.2 Å². The fourth-order valence-corrected chi connectivity index (χ4v) is 4.17. The third-order valence-electron chi connectivity index (χ3n) is 4.06. The normalized spacial score (nSPS) is 15.1. The van der Waals surface area contributed by atoms with Crippen molar-refractivity contribution in [2.24, 2.45) is 0 Å². The molecule has 0 bridgehead atoms. The van der Waals surface area contributed by atoms with Gasteiger partial charge >= 0.3 is 0 Å². The van der Waals surface area contributed by atoms with E-state index in [2.05, 4.69) is 5.32 Å². The van der Waals surface area contributed by atoms with Gasteiger partial charge < -0.3 is 10.1 Å². The Morgan fingerprint density at radius 3 is 2.45 bits per heavy atom. The minimum Gasteiger partial charge on any atom is -0.494 e. The zero-order chi connectivity index (χ0) is 21.0. The molecular formula is C20H16Cl2N2O4S. The fourth-order valence-electron chi connectivity index (χ4n) is 2.66. The summed E-state index contributed by atoms with van der Waals surface area (Å²) in [4.78, 5) is 38.4. The Labute approximate surface area is 181 Å². The summed E-state index contributed by atoms with van der Waals surface area (Å²) >= 11 is 13.0. The van der Waals surface area contributed by atoms with E-state index >= 15 is 0 Å². The maximum atomic E-state index is 12.5. The van der Waals surface area contributed by atoms with Crippen molar-refractivity contribution in [3.05, 3.63) is 68.5 Å². The van der Waals surface area contributed by atoms with Gasteiger partial charge in [-0.25, -0.2) is 0 Å².